The van der Waals surface area contributed by atoms with E-state index in [9.17, 15) is 16.8 Å². The predicted molar refractivity (Wildman–Crippen MR) is 76.6 cm³/mol. The molecule has 0 aliphatic carbocycles. The molecule has 1 aliphatic rings. The van der Waals surface area contributed by atoms with Crippen LogP contribution in [0.3, 0.4) is 0 Å². The molecule has 0 atom stereocenters. The Labute approximate surface area is 119 Å². The normalized spacial score (nSPS) is 19.9. The first-order valence-electron chi connectivity index (χ1n) is 6.35. The standard InChI is InChI=1S/C12H18N2O4S2/c13-6-5-11-1-3-12(4-2-11)20(17,18)14-7-9-19(15,16)10-8-14/h1-4H,5-10,13H2. The van der Waals surface area contributed by atoms with Gasteiger partial charge in [0, 0.05) is 13.1 Å². The van der Waals surface area contributed by atoms with Gasteiger partial charge in [0.05, 0.1) is 16.4 Å². The van der Waals surface area contributed by atoms with Crippen molar-refractivity contribution in [2.45, 2.75) is 11.3 Å². The minimum atomic E-state index is -3.61. The van der Waals surface area contributed by atoms with Gasteiger partial charge in [0.15, 0.2) is 9.84 Å². The summed E-state index contributed by atoms with van der Waals surface area (Å²) in [5.74, 6) is -0.227. The summed E-state index contributed by atoms with van der Waals surface area (Å²) in [6.45, 7) is 0.556. The van der Waals surface area contributed by atoms with E-state index in [1.165, 1.54) is 4.31 Å². The molecular formula is C12H18N2O4S2. The highest BCUT2D eigenvalue weighted by molar-refractivity contribution is 7.92. The van der Waals surface area contributed by atoms with Gasteiger partial charge >= 0.3 is 0 Å². The van der Waals surface area contributed by atoms with Gasteiger partial charge in [-0.2, -0.15) is 4.31 Å². The van der Waals surface area contributed by atoms with Crippen LogP contribution in [0.4, 0.5) is 0 Å². The van der Waals surface area contributed by atoms with Gasteiger partial charge in [-0.1, -0.05) is 12.1 Å². The predicted octanol–water partition coefficient (Wildman–Crippen LogP) is -0.393. The Bertz CT molecular complexity index is 652. The summed E-state index contributed by atoms with van der Waals surface area (Å²) in [7, 11) is -6.70. The van der Waals surface area contributed by atoms with E-state index in [4.69, 9.17) is 5.73 Å². The number of rotatable bonds is 4. The molecule has 2 N–H and O–H groups in total. The Hall–Kier alpha value is -0.960. The van der Waals surface area contributed by atoms with Crippen molar-refractivity contribution < 1.29 is 16.8 Å². The maximum absolute atomic E-state index is 12.4. The Balaban J connectivity index is 2.18. The van der Waals surface area contributed by atoms with Crippen LogP contribution in [0.15, 0.2) is 29.2 Å². The lowest BCUT2D eigenvalue weighted by molar-refractivity contribution is 0.431. The fourth-order valence-corrected chi connectivity index (χ4v) is 4.95. The minimum Gasteiger partial charge on any atom is -0.330 e. The van der Waals surface area contributed by atoms with Crippen LogP contribution in [-0.4, -0.2) is 52.3 Å². The van der Waals surface area contributed by atoms with Gasteiger partial charge in [-0.15, -0.1) is 0 Å². The third-order valence-electron chi connectivity index (χ3n) is 3.30. The van der Waals surface area contributed by atoms with E-state index in [1.807, 2.05) is 0 Å². The van der Waals surface area contributed by atoms with Crippen LogP contribution in [0, 0.1) is 0 Å². The lowest BCUT2D eigenvalue weighted by atomic mass is 10.2. The first kappa shape index (κ1) is 15.4. The van der Waals surface area contributed by atoms with E-state index in [0.717, 1.165) is 5.56 Å². The molecule has 0 bridgehead atoms. The summed E-state index contributed by atoms with van der Waals surface area (Å²) < 4.78 is 48.7. The summed E-state index contributed by atoms with van der Waals surface area (Å²) in [6.07, 6.45) is 0.697. The molecule has 1 saturated heterocycles. The van der Waals surface area contributed by atoms with Gasteiger partial charge < -0.3 is 5.73 Å². The summed E-state index contributed by atoms with van der Waals surface area (Å²) in [5, 5.41) is 0. The third kappa shape index (κ3) is 3.38. The molecule has 0 spiro atoms. The highest BCUT2D eigenvalue weighted by Gasteiger charge is 2.30. The molecule has 0 amide bonds. The molecule has 1 fully saturated rings. The van der Waals surface area contributed by atoms with Crippen LogP contribution in [0.25, 0.3) is 0 Å². The van der Waals surface area contributed by atoms with Crippen molar-refractivity contribution in [1.82, 2.24) is 4.31 Å². The quantitative estimate of drug-likeness (QED) is 0.815. The Morgan fingerprint density at radius 2 is 1.65 bits per heavy atom. The Morgan fingerprint density at radius 1 is 1.10 bits per heavy atom. The molecule has 8 heteroatoms. The molecule has 1 heterocycles. The van der Waals surface area contributed by atoms with Crippen LogP contribution in [-0.2, 0) is 26.3 Å². The second-order valence-electron chi connectivity index (χ2n) is 4.74. The second kappa shape index (κ2) is 5.80. The van der Waals surface area contributed by atoms with E-state index in [2.05, 4.69) is 0 Å². The van der Waals surface area contributed by atoms with E-state index >= 15 is 0 Å². The van der Waals surface area contributed by atoms with Crippen LogP contribution in [0.5, 0.6) is 0 Å². The summed E-state index contributed by atoms with van der Waals surface area (Å²) in [6, 6.07) is 6.56. The van der Waals surface area contributed by atoms with Crippen LogP contribution < -0.4 is 5.73 Å². The fourth-order valence-electron chi connectivity index (χ4n) is 2.08. The van der Waals surface area contributed by atoms with Crippen LogP contribution >= 0.6 is 0 Å². The molecule has 1 aromatic rings. The van der Waals surface area contributed by atoms with Gasteiger partial charge in [0.2, 0.25) is 10.0 Å². The number of hydrogen-bond acceptors (Lipinski definition) is 5. The van der Waals surface area contributed by atoms with Crippen LogP contribution in [0.2, 0.25) is 0 Å². The first-order valence-corrected chi connectivity index (χ1v) is 9.61. The van der Waals surface area contributed by atoms with Crippen molar-refractivity contribution in [3.05, 3.63) is 29.8 Å². The van der Waals surface area contributed by atoms with Crippen molar-refractivity contribution in [3.8, 4) is 0 Å². The highest BCUT2D eigenvalue weighted by atomic mass is 32.2. The van der Waals surface area contributed by atoms with Gasteiger partial charge in [-0.3, -0.25) is 0 Å². The number of nitrogens with two attached hydrogens (primary N) is 1. The molecule has 0 radical (unpaired) electrons. The molecule has 6 nitrogen and oxygen atoms in total. The second-order valence-corrected chi connectivity index (χ2v) is 8.98. The van der Waals surface area contributed by atoms with Crippen LogP contribution in [0.1, 0.15) is 5.56 Å². The average Bonchev–Trinajstić information content (AvgIpc) is 2.39. The van der Waals surface area contributed by atoms with Gasteiger partial charge in [0.25, 0.3) is 0 Å². The number of benzene rings is 1. The van der Waals surface area contributed by atoms with Crippen molar-refractivity contribution in [2.75, 3.05) is 31.1 Å². The van der Waals surface area contributed by atoms with Crippen molar-refractivity contribution >= 4 is 19.9 Å². The van der Waals surface area contributed by atoms with E-state index in [1.54, 1.807) is 24.3 Å². The number of sulfone groups is 1. The maximum Gasteiger partial charge on any atom is 0.243 e. The molecule has 2 rings (SSSR count). The number of hydrogen-bond donors (Lipinski definition) is 1. The highest BCUT2D eigenvalue weighted by Crippen LogP contribution is 2.19. The molecule has 1 aliphatic heterocycles. The van der Waals surface area contributed by atoms with E-state index in [-0.39, 0.29) is 29.5 Å². The molecule has 0 saturated carbocycles. The van der Waals surface area contributed by atoms with Gasteiger partial charge in [0.1, 0.15) is 0 Å². The summed E-state index contributed by atoms with van der Waals surface area (Å²) >= 11 is 0. The molecular weight excluding hydrogens is 300 g/mol. The molecule has 112 valence electrons. The SMILES string of the molecule is NCCc1ccc(S(=O)(=O)N2CCS(=O)(=O)CC2)cc1. The maximum atomic E-state index is 12.4. The largest absolute Gasteiger partial charge is 0.330 e. The topological polar surface area (TPSA) is 97.5 Å². The molecule has 20 heavy (non-hydrogen) atoms. The minimum absolute atomic E-state index is 0.0230. The van der Waals surface area contributed by atoms with Crippen molar-refractivity contribution in [3.63, 3.8) is 0 Å². The zero-order chi connectivity index (χ0) is 14.8. The molecule has 0 aromatic heterocycles. The monoisotopic (exact) mass is 318 g/mol. The van der Waals surface area contributed by atoms with Crippen molar-refractivity contribution in [1.29, 1.82) is 0 Å². The Kier molecular flexibility index (Phi) is 4.48. The summed E-state index contributed by atoms with van der Waals surface area (Å²) in [4.78, 5) is 0.192. The van der Waals surface area contributed by atoms with Crippen molar-refractivity contribution in [2.24, 2.45) is 5.73 Å². The number of sulfonamides is 1. The lowest BCUT2D eigenvalue weighted by Crippen LogP contribution is -2.43. The molecule has 0 unspecified atom stereocenters. The molecule has 1 aromatic carbocycles. The first-order chi connectivity index (χ1) is 9.35. The zero-order valence-electron chi connectivity index (χ0n) is 11.0. The van der Waals surface area contributed by atoms with Gasteiger partial charge in [-0.05, 0) is 30.7 Å². The summed E-state index contributed by atoms with van der Waals surface area (Å²) in [5.41, 5.74) is 6.42. The average molecular weight is 318 g/mol. The van der Waals surface area contributed by atoms with E-state index in [0.29, 0.717) is 13.0 Å². The lowest BCUT2D eigenvalue weighted by Gasteiger charge is -2.26. The van der Waals surface area contributed by atoms with E-state index < -0.39 is 19.9 Å². The van der Waals surface area contributed by atoms with Gasteiger partial charge in [-0.25, -0.2) is 16.8 Å². The third-order valence-corrected chi connectivity index (χ3v) is 6.82. The number of nitrogens with zero attached hydrogens (tertiary/aromatic N) is 1. The Morgan fingerprint density at radius 3 is 2.15 bits per heavy atom. The smallest absolute Gasteiger partial charge is 0.243 e. The zero-order valence-corrected chi connectivity index (χ0v) is 12.7. The fraction of sp³-hybridized carbons (Fsp3) is 0.500.